The highest BCUT2D eigenvalue weighted by atomic mass is 16.2. The summed E-state index contributed by atoms with van der Waals surface area (Å²) < 4.78 is 0. The Hall–Kier alpha value is -3.40. The van der Waals surface area contributed by atoms with E-state index in [0.717, 1.165) is 16.7 Å². The van der Waals surface area contributed by atoms with E-state index in [0.29, 0.717) is 24.1 Å². The fourth-order valence-electron chi connectivity index (χ4n) is 2.82. The van der Waals surface area contributed by atoms with Crippen LogP contribution >= 0.6 is 0 Å². The summed E-state index contributed by atoms with van der Waals surface area (Å²) in [5.41, 5.74) is 9.34. The Morgan fingerprint density at radius 3 is 2.27 bits per heavy atom. The van der Waals surface area contributed by atoms with Gasteiger partial charge in [0.15, 0.2) is 0 Å². The van der Waals surface area contributed by atoms with Crippen molar-refractivity contribution in [1.82, 2.24) is 5.32 Å². The molecule has 3 rings (SSSR count). The van der Waals surface area contributed by atoms with Crippen LogP contribution < -0.4 is 11.1 Å². The third kappa shape index (κ3) is 4.36. The van der Waals surface area contributed by atoms with Gasteiger partial charge in [-0.25, -0.2) is 0 Å². The van der Waals surface area contributed by atoms with Gasteiger partial charge in [-0.05, 0) is 41.3 Å². The van der Waals surface area contributed by atoms with Gasteiger partial charge in [-0.2, -0.15) is 0 Å². The highest BCUT2D eigenvalue weighted by Crippen LogP contribution is 2.15. The van der Waals surface area contributed by atoms with Gasteiger partial charge < -0.3 is 11.1 Å². The topological polar surface area (TPSA) is 72.2 Å². The molecule has 130 valence electrons. The number of amides is 2. The lowest BCUT2D eigenvalue weighted by Crippen LogP contribution is -2.24. The van der Waals surface area contributed by atoms with E-state index in [-0.39, 0.29) is 5.91 Å². The zero-order valence-corrected chi connectivity index (χ0v) is 14.3. The van der Waals surface area contributed by atoms with E-state index in [4.69, 9.17) is 5.73 Å². The van der Waals surface area contributed by atoms with Gasteiger partial charge in [0.1, 0.15) is 0 Å². The molecule has 0 fully saturated rings. The Morgan fingerprint density at radius 2 is 1.50 bits per heavy atom. The molecule has 4 heteroatoms. The van der Waals surface area contributed by atoms with Crippen molar-refractivity contribution in [1.29, 1.82) is 0 Å². The van der Waals surface area contributed by atoms with E-state index < -0.39 is 5.91 Å². The number of nitrogens with one attached hydrogen (secondary N) is 1. The van der Waals surface area contributed by atoms with Crippen molar-refractivity contribution in [2.45, 2.75) is 13.0 Å². The fraction of sp³-hybridized carbons (Fsp3) is 0.0909. The first kappa shape index (κ1) is 17.4. The Bertz CT molecular complexity index is 920. The minimum atomic E-state index is -0.480. The Kier molecular flexibility index (Phi) is 5.44. The van der Waals surface area contributed by atoms with Crippen LogP contribution in [0.25, 0.3) is 0 Å². The normalized spacial score (nSPS) is 10.3. The van der Waals surface area contributed by atoms with Crippen molar-refractivity contribution in [2.24, 2.45) is 5.73 Å². The summed E-state index contributed by atoms with van der Waals surface area (Å²) in [7, 11) is 0. The van der Waals surface area contributed by atoms with Crippen molar-refractivity contribution in [3.63, 3.8) is 0 Å². The number of nitrogens with two attached hydrogens (primary N) is 1. The quantitative estimate of drug-likeness (QED) is 0.720. The number of benzene rings is 3. The van der Waals surface area contributed by atoms with Crippen LogP contribution in [-0.2, 0) is 13.0 Å². The van der Waals surface area contributed by atoms with Crippen LogP contribution in [0.2, 0.25) is 0 Å². The molecule has 0 unspecified atom stereocenters. The zero-order valence-electron chi connectivity index (χ0n) is 14.3. The van der Waals surface area contributed by atoms with Crippen LogP contribution in [0.15, 0.2) is 78.9 Å². The van der Waals surface area contributed by atoms with Gasteiger partial charge in [0, 0.05) is 17.7 Å². The second kappa shape index (κ2) is 8.12. The summed E-state index contributed by atoms with van der Waals surface area (Å²) in [4.78, 5) is 23.9. The van der Waals surface area contributed by atoms with Gasteiger partial charge in [0.05, 0.1) is 0 Å². The molecule has 0 saturated carbocycles. The van der Waals surface area contributed by atoms with E-state index in [1.165, 1.54) is 0 Å². The maximum Gasteiger partial charge on any atom is 0.251 e. The third-order valence-corrected chi connectivity index (χ3v) is 4.16. The fourth-order valence-corrected chi connectivity index (χ4v) is 2.82. The molecule has 2 amide bonds. The minimum absolute atomic E-state index is 0.138. The third-order valence-electron chi connectivity index (χ3n) is 4.16. The predicted molar refractivity (Wildman–Crippen MR) is 102 cm³/mol. The average Bonchev–Trinajstić information content (AvgIpc) is 2.67. The maximum absolute atomic E-state index is 12.6. The van der Waals surface area contributed by atoms with Gasteiger partial charge in [-0.3, -0.25) is 9.59 Å². The van der Waals surface area contributed by atoms with Crippen LogP contribution in [0.3, 0.4) is 0 Å². The molecule has 3 N–H and O–H groups in total. The largest absolute Gasteiger partial charge is 0.366 e. The summed E-state index contributed by atoms with van der Waals surface area (Å²) in [6, 6.07) is 24.6. The molecular weight excluding hydrogens is 324 g/mol. The van der Waals surface area contributed by atoms with Crippen molar-refractivity contribution >= 4 is 11.8 Å². The first-order chi connectivity index (χ1) is 12.6. The van der Waals surface area contributed by atoms with E-state index in [9.17, 15) is 9.59 Å². The lowest BCUT2D eigenvalue weighted by atomic mass is 9.99. The first-order valence-corrected chi connectivity index (χ1v) is 8.42. The van der Waals surface area contributed by atoms with Gasteiger partial charge in [-0.1, -0.05) is 60.7 Å². The summed E-state index contributed by atoms with van der Waals surface area (Å²) in [6.45, 7) is 0.333. The number of carbonyl (C=O) groups excluding carboxylic acids is 2. The van der Waals surface area contributed by atoms with Gasteiger partial charge >= 0.3 is 0 Å². The van der Waals surface area contributed by atoms with Crippen LogP contribution in [0.1, 0.15) is 37.4 Å². The SMILES string of the molecule is NC(=O)c1cccc(CNC(=O)c2ccccc2Cc2ccccc2)c1. The lowest BCUT2D eigenvalue weighted by Gasteiger charge is -2.11. The molecule has 0 heterocycles. The van der Waals surface area contributed by atoms with E-state index >= 15 is 0 Å². The van der Waals surface area contributed by atoms with E-state index in [1.807, 2.05) is 60.7 Å². The highest BCUT2D eigenvalue weighted by Gasteiger charge is 2.11. The molecule has 0 saturated heterocycles. The molecule has 0 aliphatic carbocycles. The van der Waals surface area contributed by atoms with Crippen LogP contribution in [-0.4, -0.2) is 11.8 Å². The smallest absolute Gasteiger partial charge is 0.251 e. The Balaban J connectivity index is 1.72. The number of hydrogen-bond acceptors (Lipinski definition) is 2. The van der Waals surface area contributed by atoms with Crippen LogP contribution in [0, 0.1) is 0 Å². The molecule has 3 aromatic rings. The standard InChI is InChI=1S/C22H20N2O2/c23-21(25)19-11-6-9-17(14-19)15-24-22(26)20-12-5-4-10-18(20)13-16-7-2-1-3-8-16/h1-12,14H,13,15H2,(H2,23,25)(H,24,26). The van der Waals surface area contributed by atoms with E-state index in [1.54, 1.807) is 18.2 Å². The molecule has 0 aromatic heterocycles. The van der Waals surface area contributed by atoms with Crippen molar-refractivity contribution in [3.8, 4) is 0 Å². The van der Waals surface area contributed by atoms with Crippen molar-refractivity contribution < 1.29 is 9.59 Å². The maximum atomic E-state index is 12.6. The number of carbonyl (C=O) groups is 2. The van der Waals surface area contributed by atoms with Crippen molar-refractivity contribution in [2.75, 3.05) is 0 Å². The summed E-state index contributed by atoms with van der Waals surface area (Å²) in [6.07, 6.45) is 0.696. The number of primary amides is 1. The zero-order chi connectivity index (χ0) is 18.4. The number of hydrogen-bond donors (Lipinski definition) is 2. The van der Waals surface area contributed by atoms with Crippen molar-refractivity contribution in [3.05, 3.63) is 107 Å². The molecule has 0 aliphatic rings. The van der Waals surface area contributed by atoms with Gasteiger partial charge in [0.25, 0.3) is 5.91 Å². The molecule has 0 spiro atoms. The Labute approximate surface area is 152 Å². The predicted octanol–water partition coefficient (Wildman–Crippen LogP) is 3.31. The van der Waals surface area contributed by atoms with Crippen LogP contribution in [0.5, 0.6) is 0 Å². The van der Waals surface area contributed by atoms with Crippen LogP contribution in [0.4, 0.5) is 0 Å². The molecule has 0 radical (unpaired) electrons. The summed E-state index contributed by atoms with van der Waals surface area (Å²) >= 11 is 0. The second-order valence-electron chi connectivity index (χ2n) is 6.07. The average molecular weight is 344 g/mol. The molecule has 0 aliphatic heterocycles. The molecular formula is C22H20N2O2. The molecule has 0 atom stereocenters. The second-order valence-corrected chi connectivity index (χ2v) is 6.07. The number of rotatable bonds is 6. The monoisotopic (exact) mass is 344 g/mol. The first-order valence-electron chi connectivity index (χ1n) is 8.42. The molecule has 26 heavy (non-hydrogen) atoms. The molecule has 3 aromatic carbocycles. The Morgan fingerprint density at radius 1 is 0.808 bits per heavy atom. The van der Waals surface area contributed by atoms with Gasteiger partial charge in [-0.15, -0.1) is 0 Å². The highest BCUT2D eigenvalue weighted by molar-refractivity contribution is 5.96. The minimum Gasteiger partial charge on any atom is -0.366 e. The van der Waals surface area contributed by atoms with E-state index in [2.05, 4.69) is 5.32 Å². The van der Waals surface area contributed by atoms with Gasteiger partial charge in [0.2, 0.25) is 5.91 Å². The summed E-state index contributed by atoms with van der Waals surface area (Å²) in [5, 5.41) is 2.92. The molecule has 4 nitrogen and oxygen atoms in total. The summed E-state index contributed by atoms with van der Waals surface area (Å²) in [5.74, 6) is -0.618. The lowest BCUT2D eigenvalue weighted by molar-refractivity contribution is 0.0949. The molecule has 0 bridgehead atoms.